The van der Waals surface area contributed by atoms with Gasteiger partial charge in [-0.05, 0) is 48.4 Å². The van der Waals surface area contributed by atoms with Gasteiger partial charge in [-0.15, -0.1) is 11.8 Å². The molecule has 1 N–H and O–H groups in total. The van der Waals surface area contributed by atoms with Crippen LogP contribution in [0.3, 0.4) is 0 Å². The van der Waals surface area contributed by atoms with E-state index in [0.717, 1.165) is 25.1 Å². The minimum absolute atomic E-state index is 0.413. The minimum atomic E-state index is 0.413. The van der Waals surface area contributed by atoms with Crippen LogP contribution >= 0.6 is 11.8 Å². The van der Waals surface area contributed by atoms with Gasteiger partial charge < -0.3 is 5.32 Å². The number of thioether (sulfide) groups is 1. The highest BCUT2D eigenvalue weighted by Crippen LogP contribution is 2.23. The van der Waals surface area contributed by atoms with E-state index in [9.17, 15) is 0 Å². The molecule has 1 atom stereocenters. The molecule has 0 bridgehead atoms. The second-order valence-corrected chi connectivity index (χ2v) is 6.51. The van der Waals surface area contributed by atoms with Crippen LogP contribution in [0.2, 0.25) is 0 Å². The van der Waals surface area contributed by atoms with Gasteiger partial charge in [-0.2, -0.15) is 5.10 Å². The van der Waals surface area contributed by atoms with E-state index in [1.165, 1.54) is 16.0 Å². The number of rotatable bonds is 8. The fraction of sp³-hybridized carbons (Fsp3) is 0.471. The van der Waals surface area contributed by atoms with E-state index in [1.807, 2.05) is 29.7 Å². The van der Waals surface area contributed by atoms with Crippen LogP contribution in [0.4, 0.5) is 0 Å². The smallest absolute Gasteiger partial charge is 0.0521 e. The maximum atomic E-state index is 4.24. The molecule has 1 heterocycles. The molecule has 0 amide bonds. The Morgan fingerprint density at radius 1 is 1.24 bits per heavy atom. The van der Waals surface area contributed by atoms with Crippen LogP contribution in [0.15, 0.2) is 41.6 Å². The quantitative estimate of drug-likeness (QED) is 0.752. The van der Waals surface area contributed by atoms with Crippen LogP contribution in [0.1, 0.15) is 37.4 Å². The number of nitrogens with one attached hydrogen (secondary N) is 1. The first-order valence-corrected chi connectivity index (χ1v) is 8.65. The van der Waals surface area contributed by atoms with Gasteiger partial charge in [0.15, 0.2) is 0 Å². The van der Waals surface area contributed by atoms with Gasteiger partial charge in [0.05, 0.1) is 6.20 Å². The standard InChI is InChI=1S/C17H25N3S/c1-4-18-17(11-6-14-12-19-20(3)13-14)15-7-9-16(10-8-15)21-5-2/h7-10,12-13,17-18H,4-6,11H2,1-3H3. The summed E-state index contributed by atoms with van der Waals surface area (Å²) in [5.41, 5.74) is 2.68. The van der Waals surface area contributed by atoms with Gasteiger partial charge in [0.1, 0.15) is 0 Å². The molecule has 0 fully saturated rings. The molecule has 1 unspecified atom stereocenters. The van der Waals surface area contributed by atoms with Gasteiger partial charge in [0, 0.05) is 24.2 Å². The Morgan fingerprint density at radius 3 is 2.57 bits per heavy atom. The van der Waals surface area contributed by atoms with Crippen molar-refractivity contribution in [2.75, 3.05) is 12.3 Å². The van der Waals surface area contributed by atoms with E-state index < -0.39 is 0 Å². The summed E-state index contributed by atoms with van der Waals surface area (Å²) in [7, 11) is 1.97. The molecule has 3 nitrogen and oxygen atoms in total. The van der Waals surface area contributed by atoms with E-state index in [-0.39, 0.29) is 0 Å². The first kappa shape index (κ1) is 16.1. The summed E-state index contributed by atoms with van der Waals surface area (Å²) in [6.45, 7) is 5.34. The highest BCUT2D eigenvalue weighted by Gasteiger charge is 2.11. The van der Waals surface area contributed by atoms with Crippen LogP contribution in [0.25, 0.3) is 0 Å². The van der Waals surface area contributed by atoms with Crippen molar-refractivity contribution >= 4 is 11.8 Å². The van der Waals surface area contributed by atoms with Gasteiger partial charge in [0.2, 0.25) is 0 Å². The lowest BCUT2D eigenvalue weighted by Crippen LogP contribution is -2.21. The molecule has 0 aliphatic carbocycles. The topological polar surface area (TPSA) is 29.9 Å². The van der Waals surface area contributed by atoms with Crippen LogP contribution in [0, 0.1) is 0 Å². The van der Waals surface area contributed by atoms with Crippen LogP contribution in [0.5, 0.6) is 0 Å². The van der Waals surface area contributed by atoms with Gasteiger partial charge >= 0.3 is 0 Å². The van der Waals surface area contributed by atoms with Crippen LogP contribution in [-0.2, 0) is 13.5 Å². The largest absolute Gasteiger partial charge is 0.310 e. The summed E-state index contributed by atoms with van der Waals surface area (Å²) in [5.74, 6) is 1.12. The minimum Gasteiger partial charge on any atom is -0.310 e. The predicted molar refractivity (Wildman–Crippen MR) is 90.8 cm³/mol. The van der Waals surface area contributed by atoms with E-state index in [4.69, 9.17) is 0 Å². The lowest BCUT2D eigenvalue weighted by atomic mass is 10.0. The number of benzene rings is 1. The number of nitrogens with zero attached hydrogens (tertiary/aromatic N) is 2. The van der Waals surface area contributed by atoms with Crippen molar-refractivity contribution in [1.82, 2.24) is 15.1 Å². The average Bonchev–Trinajstić information content (AvgIpc) is 2.90. The molecule has 0 aliphatic heterocycles. The number of hydrogen-bond donors (Lipinski definition) is 1. The third kappa shape index (κ3) is 4.90. The maximum absolute atomic E-state index is 4.24. The third-order valence-corrected chi connectivity index (χ3v) is 4.42. The SMILES string of the molecule is CCNC(CCc1cnn(C)c1)c1ccc(SCC)cc1. The molecule has 4 heteroatoms. The summed E-state index contributed by atoms with van der Waals surface area (Å²) < 4.78 is 1.87. The van der Waals surface area contributed by atoms with Crippen LogP contribution in [-0.4, -0.2) is 22.1 Å². The molecular formula is C17H25N3S. The van der Waals surface area contributed by atoms with Gasteiger partial charge in [-0.25, -0.2) is 0 Å². The lowest BCUT2D eigenvalue weighted by Gasteiger charge is -2.18. The lowest BCUT2D eigenvalue weighted by molar-refractivity contribution is 0.515. The maximum Gasteiger partial charge on any atom is 0.0521 e. The second kappa shape index (κ2) is 8.25. The van der Waals surface area contributed by atoms with Gasteiger partial charge in [-0.3, -0.25) is 4.68 Å². The molecule has 2 rings (SSSR count). The zero-order valence-corrected chi connectivity index (χ0v) is 14.0. The normalized spacial score (nSPS) is 12.5. The fourth-order valence-electron chi connectivity index (χ4n) is 2.51. The van der Waals surface area contributed by atoms with E-state index in [2.05, 4.69) is 54.7 Å². The monoisotopic (exact) mass is 303 g/mol. The van der Waals surface area contributed by atoms with Crippen LogP contribution < -0.4 is 5.32 Å². The highest BCUT2D eigenvalue weighted by molar-refractivity contribution is 7.99. The summed E-state index contributed by atoms with van der Waals surface area (Å²) in [5, 5.41) is 7.83. The Balaban J connectivity index is 2.00. The zero-order valence-electron chi connectivity index (χ0n) is 13.2. The van der Waals surface area contributed by atoms with Gasteiger partial charge in [0.25, 0.3) is 0 Å². The summed E-state index contributed by atoms with van der Waals surface area (Å²) in [4.78, 5) is 1.35. The molecule has 0 radical (unpaired) electrons. The van der Waals surface area contributed by atoms with E-state index >= 15 is 0 Å². The van der Waals surface area contributed by atoms with Crippen molar-refractivity contribution in [3.63, 3.8) is 0 Å². The molecule has 21 heavy (non-hydrogen) atoms. The van der Waals surface area contributed by atoms with Crippen molar-refractivity contribution < 1.29 is 0 Å². The molecule has 0 aliphatic rings. The molecule has 0 spiro atoms. The van der Waals surface area contributed by atoms with E-state index in [1.54, 1.807) is 0 Å². The molecule has 0 saturated carbocycles. The molecule has 1 aromatic heterocycles. The average molecular weight is 303 g/mol. The summed E-state index contributed by atoms with van der Waals surface area (Å²) >= 11 is 1.89. The third-order valence-electron chi connectivity index (χ3n) is 3.52. The van der Waals surface area contributed by atoms with E-state index in [0.29, 0.717) is 6.04 Å². The first-order valence-electron chi connectivity index (χ1n) is 7.66. The van der Waals surface area contributed by atoms with Crippen molar-refractivity contribution in [2.24, 2.45) is 7.05 Å². The van der Waals surface area contributed by atoms with Gasteiger partial charge in [-0.1, -0.05) is 26.0 Å². The number of aromatic nitrogens is 2. The molecule has 1 aromatic carbocycles. The second-order valence-electron chi connectivity index (χ2n) is 5.17. The molecular weight excluding hydrogens is 278 g/mol. The predicted octanol–water partition coefficient (Wildman–Crippen LogP) is 3.82. The molecule has 2 aromatic rings. The fourth-order valence-corrected chi connectivity index (χ4v) is 3.17. The zero-order chi connectivity index (χ0) is 15.1. The van der Waals surface area contributed by atoms with Crippen molar-refractivity contribution in [1.29, 1.82) is 0 Å². The Morgan fingerprint density at radius 2 is 2.00 bits per heavy atom. The highest BCUT2D eigenvalue weighted by atomic mass is 32.2. The molecule has 0 saturated heterocycles. The summed E-state index contributed by atoms with van der Waals surface area (Å²) in [6.07, 6.45) is 6.21. The Bertz CT molecular complexity index is 533. The van der Waals surface area contributed by atoms with Crippen molar-refractivity contribution in [2.45, 2.75) is 37.6 Å². The van der Waals surface area contributed by atoms with Crippen molar-refractivity contribution in [3.8, 4) is 0 Å². The Hall–Kier alpha value is -1.26. The Labute approximate surface area is 132 Å². The summed E-state index contributed by atoms with van der Waals surface area (Å²) in [6, 6.07) is 9.40. The number of hydrogen-bond acceptors (Lipinski definition) is 3. The van der Waals surface area contributed by atoms with Crippen molar-refractivity contribution in [3.05, 3.63) is 47.8 Å². The Kier molecular flexibility index (Phi) is 6.33. The molecule has 114 valence electrons. The number of aryl methyl sites for hydroxylation is 2. The first-order chi connectivity index (χ1) is 10.2.